The molecule has 2 unspecified atom stereocenters. The minimum atomic E-state index is -0.0797. The van der Waals surface area contributed by atoms with Crippen LogP contribution in [0, 0.1) is 11.8 Å². The summed E-state index contributed by atoms with van der Waals surface area (Å²) in [5, 5.41) is 4.48. The van der Waals surface area contributed by atoms with Gasteiger partial charge in [-0.15, -0.1) is 0 Å². The van der Waals surface area contributed by atoms with Crippen molar-refractivity contribution in [1.29, 1.82) is 0 Å². The third-order valence-electron chi connectivity index (χ3n) is 5.42. The average Bonchev–Trinajstić information content (AvgIpc) is 3.14. The summed E-state index contributed by atoms with van der Waals surface area (Å²) in [7, 11) is 0. The number of benzene rings is 1. The molecule has 2 aliphatic rings. The van der Waals surface area contributed by atoms with Gasteiger partial charge in [0, 0.05) is 42.3 Å². The van der Waals surface area contributed by atoms with Crippen LogP contribution in [-0.2, 0) is 0 Å². The van der Waals surface area contributed by atoms with Crippen molar-refractivity contribution in [2.24, 2.45) is 11.8 Å². The monoisotopic (exact) mass is 283 g/mol. The second-order valence-corrected chi connectivity index (χ2v) is 6.84. The van der Waals surface area contributed by atoms with Crippen molar-refractivity contribution in [2.45, 2.75) is 19.4 Å². The van der Waals surface area contributed by atoms with Crippen LogP contribution in [0.1, 0.15) is 24.2 Å². The van der Waals surface area contributed by atoms with Crippen LogP contribution in [0.5, 0.6) is 0 Å². The molecule has 2 atom stereocenters. The molecule has 0 spiro atoms. The third-order valence-corrected chi connectivity index (χ3v) is 5.42. The van der Waals surface area contributed by atoms with E-state index in [1.165, 1.54) is 0 Å². The summed E-state index contributed by atoms with van der Waals surface area (Å²) in [6, 6.07) is 8.01. The highest BCUT2D eigenvalue weighted by atomic mass is 16.2. The van der Waals surface area contributed by atoms with Crippen LogP contribution in [0.15, 0.2) is 30.5 Å². The van der Waals surface area contributed by atoms with E-state index in [2.05, 4.69) is 29.0 Å². The Labute approximate surface area is 124 Å². The minimum absolute atomic E-state index is 0.0797. The van der Waals surface area contributed by atoms with E-state index in [9.17, 15) is 4.79 Å². The van der Waals surface area contributed by atoms with Crippen LogP contribution in [-0.4, -0.2) is 41.0 Å². The van der Waals surface area contributed by atoms with Crippen molar-refractivity contribution in [2.75, 3.05) is 19.6 Å². The van der Waals surface area contributed by atoms with Crippen molar-refractivity contribution < 1.29 is 4.79 Å². The second-order valence-electron chi connectivity index (χ2n) is 6.84. The maximum atomic E-state index is 13.1. The van der Waals surface area contributed by atoms with Crippen LogP contribution in [0.2, 0.25) is 0 Å². The predicted octanol–water partition coefficient (Wildman–Crippen LogP) is 2.24. The molecule has 0 radical (unpaired) electrons. The topological polar surface area (TPSA) is 48.1 Å². The van der Waals surface area contributed by atoms with Crippen LogP contribution in [0.4, 0.5) is 0 Å². The first-order chi connectivity index (χ1) is 10.1. The molecule has 0 saturated carbocycles. The minimum Gasteiger partial charge on any atom is -0.360 e. The van der Waals surface area contributed by atoms with E-state index in [4.69, 9.17) is 0 Å². The Morgan fingerprint density at radius 3 is 2.90 bits per heavy atom. The molecule has 1 aromatic heterocycles. The maximum absolute atomic E-state index is 13.1. The van der Waals surface area contributed by atoms with Gasteiger partial charge < -0.3 is 15.2 Å². The largest absolute Gasteiger partial charge is 0.360 e. The summed E-state index contributed by atoms with van der Waals surface area (Å²) < 4.78 is 0. The smallest absolute Gasteiger partial charge is 0.256 e. The molecule has 4 nitrogen and oxygen atoms in total. The Bertz CT molecular complexity index is 703. The molecule has 2 fully saturated rings. The van der Waals surface area contributed by atoms with E-state index in [0.29, 0.717) is 11.8 Å². The lowest BCUT2D eigenvalue weighted by Gasteiger charge is -2.35. The quantitative estimate of drug-likeness (QED) is 0.843. The number of rotatable bonds is 1. The van der Waals surface area contributed by atoms with Gasteiger partial charge in [-0.25, -0.2) is 0 Å². The van der Waals surface area contributed by atoms with Gasteiger partial charge in [0.2, 0.25) is 0 Å². The Kier molecular flexibility index (Phi) is 2.67. The number of H-pyrrole nitrogens is 1. The third kappa shape index (κ3) is 1.75. The van der Waals surface area contributed by atoms with Crippen molar-refractivity contribution in [3.05, 3.63) is 36.0 Å². The average molecular weight is 283 g/mol. The van der Waals surface area contributed by atoms with Crippen LogP contribution in [0.25, 0.3) is 10.9 Å². The summed E-state index contributed by atoms with van der Waals surface area (Å²) in [6.07, 6.45) is 1.86. The first-order valence-corrected chi connectivity index (χ1v) is 7.68. The number of hydrogen-bond acceptors (Lipinski definition) is 2. The molecule has 2 N–H and O–H groups in total. The first kappa shape index (κ1) is 12.9. The molecule has 1 amide bonds. The lowest BCUT2D eigenvalue weighted by Crippen LogP contribution is -2.47. The number of carbonyl (C=O) groups excluding carboxylic acids is 1. The summed E-state index contributed by atoms with van der Waals surface area (Å²) in [4.78, 5) is 18.3. The van der Waals surface area contributed by atoms with Crippen LogP contribution in [0.3, 0.4) is 0 Å². The number of nitrogens with one attached hydrogen (secondary N) is 2. The normalized spacial score (nSPS) is 27.2. The predicted molar refractivity (Wildman–Crippen MR) is 83.3 cm³/mol. The molecule has 110 valence electrons. The van der Waals surface area contributed by atoms with Crippen molar-refractivity contribution in [3.8, 4) is 0 Å². The standard InChI is InChI=1S/C17H21N3O/c1-17(2)14-9-18-7-11(14)10-20(17)16(21)13-8-19-15-6-4-3-5-12(13)15/h3-6,8,11,14,18-19H,7,9-10H2,1-2H3. The molecule has 4 rings (SSSR count). The summed E-state index contributed by atoms with van der Waals surface area (Å²) in [5.74, 6) is 1.31. The molecule has 0 aliphatic carbocycles. The number of amides is 1. The van der Waals surface area contributed by atoms with E-state index in [1.54, 1.807) is 0 Å². The van der Waals surface area contributed by atoms with Crippen molar-refractivity contribution in [3.63, 3.8) is 0 Å². The molecular weight excluding hydrogens is 262 g/mol. The molecule has 21 heavy (non-hydrogen) atoms. The van der Waals surface area contributed by atoms with Gasteiger partial charge in [0.05, 0.1) is 5.56 Å². The summed E-state index contributed by atoms with van der Waals surface area (Å²) in [5.41, 5.74) is 1.75. The Hall–Kier alpha value is -1.81. The number of nitrogens with zero attached hydrogens (tertiary/aromatic N) is 1. The van der Waals surface area contributed by atoms with Crippen molar-refractivity contribution in [1.82, 2.24) is 15.2 Å². The molecule has 2 saturated heterocycles. The Morgan fingerprint density at radius 2 is 2.10 bits per heavy atom. The fourth-order valence-electron chi connectivity index (χ4n) is 4.16. The van der Waals surface area contributed by atoms with E-state index in [1.807, 2.05) is 30.5 Å². The highest BCUT2D eigenvalue weighted by Gasteiger charge is 2.51. The maximum Gasteiger partial charge on any atom is 0.256 e. The fourth-order valence-corrected chi connectivity index (χ4v) is 4.16. The fraction of sp³-hybridized carbons (Fsp3) is 0.471. The van der Waals surface area contributed by atoms with Gasteiger partial charge in [-0.3, -0.25) is 4.79 Å². The number of aromatic nitrogens is 1. The number of aromatic amines is 1. The van der Waals surface area contributed by atoms with E-state index >= 15 is 0 Å². The summed E-state index contributed by atoms with van der Waals surface area (Å²) in [6.45, 7) is 7.33. The van der Waals surface area contributed by atoms with Gasteiger partial charge in [0.1, 0.15) is 0 Å². The van der Waals surface area contributed by atoms with Gasteiger partial charge in [-0.05, 0) is 31.7 Å². The number of hydrogen-bond donors (Lipinski definition) is 2. The lowest BCUT2D eigenvalue weighted by atomic mass is 9.84. The molecule has 2 aromatic rings. The zero-order valence-electron chi connectivity index (χ0n) is 12.5. The highest BCUT2D eigenvalue weighted by molar-refractivity contribution is 6.07. The zero-order valence-corrected chi connectivity index (χ0v) is 12.5. The molecule has 4 heteroatoms. The van der Waals surface area contributed by atoms with Crippen LogP contribution < -0.4 is 5.32 Å². The van der Waals surface area contributed by atoms with Gasteiger partial charge in [-0.2, -0.15) is 0 Å². The molecular formula is C17H21N3O. The van der Waals surface area contributed by atoms with Gasteiger partial charge in [0.15, 0.2) is 0 Å². The SMILES string of the molecule is CC1(C)C2CNCC2CN1C(=O)c1c[nH]c2ccccc12. The molecule has 0 bridgehead atoms. The number of likely N-dealkylation sites (tertiary alicyclic amines) is 1. The first-order valence-electron chi connectivity index (χ1n) is 7.68. The highest BCUT2D eigenvalue weighted by Crippen LogP contribution is 2.41. The lowest BCUT2D eigenvalue weighted by molar-refractivity contribution is 0.0605. The molecule has 1 aromatic carbocycles. The molecule has 2 aliphatic heterocycles. The Morgan fingerprint density at radius 1 is 1.29 bits per heavy atom. The number of carbonyl (C=O) groups is 1. The summed E-state index contributed by atoms with van der Waals surface area (Å²) >= 11 is 0. The van der Waals surface area contributed by atoms with Crippen LogP contribution >= 0.6 is 0 Å². The van der Waals surface area contributed by atoms with Gasteiger partial charge in [-0.1, -0.05) is 18.2 Å². The van der Waals surface area contributed by atoms with Gasteiger partial charge in [0.25, 0.3) is 5.91 Å². The second kappa shape index (κ2) is 4.34. The van der Waals surface area contributed by atoms with Crippen molar-refractivity contribution >= 4 is 16.8 Å². The van der Waals surface area contributed by atoms with Gasteiger partial charge >= 0.3 is 0 Å². The number of fused-ring (bicyclic) bond motifs is 2. The zero-order chi connectivity index (χ0) is 14.6. The van der Waals surface area contributed by atoms with E-state index < -0.39 is 0 Å². The molecule has 3 heterocycles. The Balaban J connectivity index is 1.72. The van der Waals surface area contributed by atoms with E-state index in [0.717, 1.165) is 36.1 Å². The number of para-hydroxylation sites is 1. The van der Waals surface area contributed by atoms with E-state index in [-0.39, 0.29) is 11.4 Å².